The molecule has 0 unspecified atom stereocenters. The molecule has 2 saturated heterocycles. The van der Waals surface area contributed by atoms with E-state index in [1.54, 1.807) is 12.0 Å². The molecule has 0 aliphatic carbocycles. The molecule has 0 spiro atoms. The largest absolute Gasteiger partial charge is 0.496 e. The van der Waals surface area contributed by atoms with Gasteiger partial charge in [-0.15, -0.1) is 0 Å². The van der Waals surface area contributed by atoms with Crippen molar-refractivity contribution in [2.75, 3.05) is 13.7 Å². The van der Waals surface area contributed by atoms with Crippen molar-refractivity contribution in [2.24, 2.45) is 5.92 Å². The van der Waals surface area contributed by atoms with Crippen molar-refractivity contribution in [3.8, 4) is 5.75 Å². The number of carbonyl (C=O) groups is 2. The van der Waals surface area contributed by atoms with Gasteiger partial charge in [0.1, 0.15) is 17.8 Å². The van der Waals surface area contributed by atoms with E-state index in [9.17, 15) is 9.59 Å². The van der Waals surface area contributed by atoms with Gasteiger partial charge >= 0.3 is 0 Å². The first kappa shape index (κ1) is 17.7. The summed E-state index contributed by atoms with van der Waals surface area (Å²) in [7, 11) is 1.66. The molecule has 2 fully saturated rings. The number of piperazine rings is 1. The van der Waals surface area contributed by atoms with Crippen molar-refractivity contribution in [3.63, 3.8) is 0 Å². The highest BCUT2D eigenvalue weighted by molar-refractivity contribution is 5.97. The average molecular weight is 345 g/mol. The average Bonchev–Trinajstić information content (AvgIpc) is 3.07. The van der Waals surface area contributed by atoms with E-state index in [0.717, 1.165) is 17.7 Å². The summed E-state index contributed by atoms with van der Waals surface area (Å²) >= 11 is 0. The van der Waals surface area contributed by atoms with Crippen LogP contribution in [0.5, 0.6) is 5.75 Å². The second kappa shape index (κ2) is 7.44. The standard InChI is InChI=1S/C19H27N3O3/c1-4-12(2)17-19(24)22-11-14(9-15(22)18(23)21-17)20-10-13-7-5-6-8-16(13)25-3/h5-8,12,14-15,17,20H,4,9-11H2,1-3H3,(H,21,23)/t12-,14-,15-,17-/m0/s1. The molecule has 2 amide bonds. The number of carbonyl (C=O) groups excluding carboxylic acids is 2. The third-order valence-electron chi connectivity index (χ3n) is 5.44. The van der Waals surface area contributed by atoms with Crippen molar-refractivity contribution < 1.29 is 14.3 Å². The molecule has 2 N–H and O–H groups in total. The minimum absolute atomic E-state index is 0.0218. The van der Waals surface area contributed by atoms with Crippen LogP contribution in [0.1, 0.15) is 32.3 Å². The highest BCUT2D eigenvalue weighted by Gasteiger charge is 2.47. The molecule has 0 aromatic heterocycles. The number of amides is 2. The van der Waals surface area contributed by atoms with Gasteiger partial charge in [0.25, 0.3) is 0 Å². The van der Waals surface area contributed by atoms with Crippen molar-refractivity contribution in [1.82, 2.24) is 15.5 Å². The maximum absolute atomic E-state index is 12.7. The number of benzene rings is 1. The predicted octanol–water partition coefficient (Wildman–Crippen LogP) is 1.30. The van der Waals surface area contributed by atoms with Gasteiger partial charge in [-0.05, 0) is 18.4 Å². The molecule has 2 aliphatic heterocycles. The smallest absolute Gasteiger partial charge is 0.246 e. The van der Waals surface area contributed by atoms with Crippen LogP contribution in [0.3, 0.4) is 0 Å². The zero-order valence-corrected chi connectivity index (χ0v) is 15.1. The monoisotopic (exact) mass is 345 g/mol. The summed E-state index contributed by atoms with van der Waals surface area (Å²) in [6, 6.07) is 7.25. The van der Waals surface area contributed by atoms with Crippen LogP contribution in [0.15, 0.2) is 24.3 Å². The van der Waals surface area contributed by atoms with E-state index in [1.807, 2.05) is 38.1 Å². The molecular weight excluding hydrogens is 318 g/mol. The van der Waals surface area contributed by atoms with E-state index in [4.69, 9.17) is 4.74 Å². The summed E-state index contributed by atoms with van der Waals surface area (Å²) in [5, 5.41) is 6.40. The lowest BCUT2D eigenvalue weighted by atomic mass is 9.95. The van der Waals surface area contributed by atoms with Crippen LogP contribution in [0.25, 0.3) is 0 Å². The molecule has 6 heteroatoms. The number of fused-ring (bicyclic) bond motifs is 1. The molecule has 3 rings (SSSR count). The minimum atomic E-state index is -0.387. The summed E-state index contributed by atoms with van der Waals surface area (Å²) in [6.07, 6.45) is 1.52. The third-order valence-corrected chi connectivity index (χ3v) is 5.44. The van der Waals surface area contributed by atoms with Gasteiger partial charge in [0, 0.05) is 24.7 Å². The minimum Gasteiger partial charge on any atom is -0.496 e. The molecule has 0 saturated carbocycles. The number of rotatable bonds is 6. The summed E-state index contributed by atoms with van der Waals surface area (Å²) in [5.41, 5.74) is 1.07. The molecule has 6 nitrogen and oxygen atoms in total. The highest BCUT2D eigenvalue weighted by atomic mass is 16.5. The van der Waals surface area contributed by atoms with Crippen molar-refractivity contribution >= 4 is 11.8 Å². The molecule has 136 valence electrons. The molecule has 1 aromatic rings. The van der Waals surface area contributed by atoms with Crippen LogP contribution in [-0.4, -0.2) is 48.5 Å². The van der Waals surface area contributed by atoms with E-state index in [2.05, 4.69) is 10.6 Å². The van der Waals surface area contributed by atoms with Crippen LogP contribution >= 0.6 is 0 Å². The summed E-state index contributed by atoms with van der Waals surface area (Å²) in [4.78, 5) is 26.9. The van der Waals surface area contributed by atoms with Crippen LogP contribution in [0.4, 0.5) is 0 Å². The van der Waals surface area contributed by atoms with Crippen LogP contribution in [-0.2, 0) is 16.1 Å². The molecule has 4 atom stereocenters. The van der Waals surface area contributed by atoms with Crippen LogP contribution < -0.4 is 15.4 Å². The molecule has 0 radical (unpaired) electrons. The number of hydrogen-bond acceptors (Lipinski definition) is 4. The van der Waals surface area contributed by atoms with Crippen molar-refractivity contribution in [2.45, 2.75) is 51.4 Å². The molecule has 25 heavy (non-hydrogen) atoms. The number of para-hydroxylation sites is 1. The second-order valence-electron chi connectivity index (χ2n) is 7.00. The Labute approximate surface area is 148 Å². The van der Waals surface area contributed by atoms with Gasteiger partial charge in [-0.1, -0.05) is 38.5 Å². The Morgan fingerprint density at radius 1 is 1.36 bits per heavy atom. The van der Waals surface area contributed by atoms with E-state index < -0.39 is 0 Å². The van der Waals surface area contributed by atoms with Gasteiger partial charge < -0.3 is 20.3 Å². The first-order chi connectivity index (χ1) is 12.0. The maximum atomic E-state index is 12.7. The Balaban J connectivity index is 1.64. The Hall–Kier alpha value is -2.08. The first-order valence-corrected chi connectivity index (χ1v) is 9.01. The predicted molar refractivity (Wildman–Crippen MR) is 95.1 cm³/mol. The van der Waals surface area contributed by atoms with Crippen LogP contribution in [0, 0.1) is 5.92 Å². The SMILES string of the molecule is CC[C@H](C)[C@@H]1NC(=O)[C@@H]2C[C@H](NCc3ccccc3OC)CN2C1=O. The third kappa shape index (κ3) is 3.49. The Morgan fingerprint density at radius 3 is 2.84 bits per heavy atom. The Morgan fingerprint density at radius 2 is 2.12 bits per heavy atom. The molecule has 2 heterocycles. The van der Waals surface area contributed by atoms with E-state index >= 15 is 0 Å². The van der Waals surface area contributed by atoms with E-state index in [1.165, 1.54) is 0 Å². The number of nitrogens with zero attached hydrogens (tertiary/aromatic N) is 1. The fraction of sp³-hybridized carbons (Fsp3) is 0.579. The summed E-state index contributed by atoms with van der Waals surface area (Å²) in [5.74, 6) is 1.03. The van der Waals surface area contributed by atoms with Crippen molar-refractivity contribution in [3.05, 3.63) is 29.8 Å². The zero-order chi connectivity index (χ0) is 18.0. The van der Waals surface area contributed by atoms with Gasteiger partial charge in [0.15, 0.2) is 0 Å². The lowest BCUT2D eigenvalue weighted by molar-refractivity contribution is -0.148. The lowest BCUT2D eigenvalue weighted by Gasteiger charge is -2.36. The van der Waals surface area contributed by atoms with Gasteiger partial charge in [-0.2, -0.15) is 0 Å². The van der Waals surface area contributed by atoms with Gasteiger partial charge in [-0.25, -0.2) is 0 Å². The molecule has 0 bridgehead atoms. The van der Waals surface area contributed by atoms with Crippen LogP contribution in [0.2, 0.25) is 0 Å². The number of nitrogens with one attached hydrogen (secondary N) is 2. The zero-order valence-electron chi connectivity index (χ0n) is 15.1. The van der Waals surface area contributed by atoms with Gasteiger partial charge in [0.05, 0.1) is 7.11 Å². The number of hydrogen-bond donors (Lipinski definition) is 2. The maximum Gasteiger partial charge on any atom is 0.246 e. The van der Waals surface area contributed by atoms with Crippen molar-refractivity contribution in [1.29, 1.82) is 0 Å². The fourth-order valence-electron chi connectivity index (χ4n) is 3.69. The highest BCUT2D eigenvalue weighted by Crippen LogP contribution is 2.26. The number of methoxy groups -OCH3 is 1. The Bertz CT molecular complexity index is 649. The Kier molecular flexibility index (Phi) is 5.27. The molecular formula is C19H27N3O3. The van der Waals surface area contributed by atoms with Gasteiger partial charge in [-0.3, -0.25) is 9.59 Å². The fourth-order valence-corrected chi connectivity index (χ4v) is 3.69. The number of ether oxygens (including phenoxy) is 1. The lowest BCUT2D eigenvalue weighted by Crippen LogP contribution is -2.62. The topological polar surface area (TPSA) is 70.7 Å². The second-order valence-corrected chi connectivity index (χ2v) is 7.00. The van der Waals surface area contributed by atoms with E-state index in [-0.39, 0.29) is 35.9 Å². The normalized spacial score (nSPS) is 27.0. The molecule has 2 aliphatic rings. The summed E-state index contributed by atoms with van der Waals surface area (Å²) in [6.45, 7) is 5.29. The first-order valence-electron chi connectivity index (χ1n) is 9.01. The molecule has 1 aromatic carbocycles. The summed E-state index contributed by atoms with van der Waals surface area (Å²) < 4.78 is 5.37. The van der Waals surface area contributed by atoms with Gasteiger partial charge in [0.2, 0.25) is 11.8 Å². The quantitative estimate of drug-likeness (QED) is 0.815. The van der Waals surface area contributed by atoms with E-state index in [0.29, 0.717) is 19.5 Å².